The first kappa shape index (κ1) is 15.4. The van der Waals surface area contributed by atoms with E-state index in [1.54, 1.807) is 0 Å². The number of rotatable bonds is 3. The Morgan fingerprint density at radius 2 is 2.00 bits per heavy atom. The molecule has 4 rings (SSSR count). The lowest BCUT2D eigenvalue weighted by Crippen LogP contribution is -2.35. The van der Waals surface area contributed by atoms with Crippen LogP contribution in [0, 0.1) is 6.92 Å². The second-order valence-electron chi connectivity index (χ2n) is 7.12. The van der Waals surface area contributed by atoms with Crippen LogP contribution in [0.4, 0.5) is 0 Å². The van der Waals surface area contributed by atoms with Crippen LogP contribution >= 0.6 is 0 Å². The molecule has 1 aromatic carbocycles. The van der Waals surface area contributed by atoms with E-state index in [-0.39, 0.29) is 0 Å². The Morgan fingerprint density at radius 3 is 2.79 bits per heavy atom. The quantitative estimate of drug-likeness (QED) is 0.728. The van der Waals surface area contributed by atoms with E-state index in [4.69, 9.17) is 0 Å². The molecule has 0 amide bonds. The van der Waals surface area contributed by atoms with Gasteiger partial charge in [0.15, 0.2) is 0 Å². The third kappa shape index (κ3) is 2.63. The van der Waals surface area contributed by atoms with Crippen molar-refractivity contribution >= 4 is 10.9 Å². The Hall–Kier alpha value is -2.13. The van der Waals surface area contributed by atoms with Crippen molar-refractivity contribution in [2.45, 2.75) is 45.8 Å². The summed E-state index contributed by atoms with van der Waals surface area (Å²) in [4.78, 5) is 6.90. The van der Waals surface area contributed by atoms with Crippen molar-refractivity contribution in [3.8, 4) is 0 Å². The van der Waals surface area contributed by atoms with Crippen LogP contribution < -0.4 is 0 Å². The third-order valence-corrected chi connectivity index (χ3v) is 5.44. The topological polar surface area (TPSA) is 21.1 Å². The molecular formula is C21H25N3. The molecule has 0 saturated carbocycles. The second-order valence-corrected chi connectivity index (χ2v) is 7.12. The minimum absolute atomic E-state index is 0.599. The summed E-state index contributed by atoms with van der Waals surface area (Å²) in [5.74, 6) is 0. The van der Waals surface area contributed by atoms with Gasteiger partial charge < -0.3 is 4.57 Å². The van der Waals surface area contributed by atoms with Crippen molar-refractivity contribution in [3.63, 3.8) is 0 Å². The lowest BCUT2D eigenvalue weighted by atomic mass is 10.00. The Bertz CT molecular complexity index is 861. The zero-order chi connectivity index (χ0) is 16.7. The number of hydrogen-bond acceptors (Lipinski definition) is 2. The molecule has 0 bridgehead atoms. The van der Waals surface area contributed by atoms with Gasteiger partial charge in [-0.3, -0.25) is 9.88 Å². The standard InChI is InChI=1S/C21H25N3/c1-15-8-9-17(13-22-15)10-11-24-20-7-5-4-6-18(20)19-14-23(3)16(2)12-21(19)24/h4-9,13,16H,10-12,14H2,1-3H3/t16-/m1/s1. The summed E-state index contributed by atoms with van der Waals surface area (Å²) in [5, 5.41) is 1.42. The van der Waals surface area contributed by atoms with E-state index in [9.17, 15) is 0 Å². The predicted molar refractivity (Wildman–Crippen MR) is 99.2 cm³/mol. The number of para-hydroxylation sites is 1. The minimum atomic E-state index is 0.599. The first-order chi connectivity index (χ1) is 11.6. The zero-order valence-electron chi connectivity index (χ0n) is 14.8. The maximum atomic E-state index is 4.43. The lowest BCUT2D eigenvalue weighted by Gasteiger charge is -2.31. The summed E-state index contributed by atoms with van der Waals surface area (Å²) >= 11 is 0. The number of pyridine rings is 1. The van der Waals surface area contributed by atoms with Crippen LogP contribution in [-0.2, 0) is 25.9 Å². The monoisotopic (exact) mass is 319 g/mol. The first-order valence-corrected chi connectivity index (χ1v) is 8.84. The van der Waals surface area contributed by atoms with Crippen molar-refractivity contribution in [1.82, 2.24) is 14.5 Å². The number of aromatic nitrogens is 2. The molecule has 0 radical (unpaired) electrons. The van der Waals surface area contributed by atoms with Crippen LogP contribution in [0.3, 0.4) is 0 Å². The maximum Gasteiger partial charge on any atom is 0.0486 e. The Balaban J connectivity index is 1.72. The van der Waals surface area contributed by atoms with Gasteiger partial charge in [0.05, 0.1) is 0 Å². The van der Waals surface area contributed by atoms with Crippen LogP contribution in [0.5, 0.6) is 0 Å². The lowest BCUT2D eigenvalue weighted by molar-refractivity contribution is 0.228. The summed E-state index contributed by atoms with van der Waals surface area (Å²) in [6, 6.07) is 13.8. The molecule has 0 fully saturated rings. The van der Waals surface area contributed by atoms with E-state index < -0.39 is 0 Å². The molecule has 1 aliphatic heterocycles. The van der Waals surface area contributed by atoms with Crippen LogP contribution in [-0.4, -0.2) is 27.5 Å². The first-order valence-electron chi connectivity index (χ1n) is 8.84. The van der Waals surface area contributed by atoms with Gasteiger partial charge in [-0.05, 0) is 50.6 Å². The number of benzene rings is 1. The molecule has 0 N–H and O–H groups in total. The van der Waals surface area contributed by atoms with E-state index in [2.05, 4.69) is 64.8 Å². The Kier molecular flexibility index (Phi) is 3.89. The highest BCUT2D eigenvalue weighted by Gasteiger charge is 2.26. The third-order valence-electron chi connectivity index (χ3n) is 5.44. The van der Waals surface area contributed by atoms with Crippen molar-refractivity contribution in [1.29, 1.82) is 0 Å². The van der Waals surface area contributed by atoms with Crippen LogP contribution in [0.25, 0.3) is 10.9 Å². The Labute approximate surface area is 143 Å². The number of fused-ring (bicyclic) bond motifs is 3. The molecule has 1 atom stereocenters. The van der Waals surface area contributed by atoms with Crippen LogP contribution in [0.2, 0.25) is 0 Å². The SMILES string of the molecule is Cc1ccc(CCn2c3c(c4ccccc42)CN(C)[C@H](C)C3)cn1. The van der Waals surface area contributed by atoms with Crippen LogP contribution in [0.15, 0.2) is 42.6 Å². The molecule has 3 aromatic rings. The fraction of sp³-hybridized carbons (Fsp3) is 0.381. The average molecular weight is 319 g/mol. The smallest absolute Gasteiger partial charge is 0.0486 e. The highest BCUT2D eigenvalue weighted by molar-refractivity contribution is 5.85. The number of hydrogen-bond donors (Lipinski definition) is 0. The normalized spacial score (nSPS) is 18.0. The van der Waals surface area contributed by atoms with Gasteiger partial charge in [-0.15, -0.1) is 0 Å². The second kappa shape index (κ2) is 6.06. The summed E-state index contributed by atoms with van der Waals surface area (Å²) in [5.41, 5.74) is 6.83. The summed E-state index contributed by atoms with van der Waals surface area (Å²) in [6.07, 6.45) is 4.18. The zero-order valence-corrected chi connectivity index (χ0v) is 14.8. The Morgan fingerprint density at radius 1 is 1.17 bits per heavy atom. The van der Waals surface area contributed by atoms with Crippen molar-refractivity contribution in [3.05, 3.63) is 65.1 Å². The van der Waals surface area contributed by atoms with Gasteiger partial charge in [-0.1, -0.05) is 24.3 Å². The van der Waals surface area contributed by atoms with E-state index in [0.29, 0.717) is 6.04 Å². The molecule has 0 aliphatic carbocycles. The highest BCUT2D eigenvalue weighted by atomic mass is 15.1. The fourth-order valence-corrected chi connectivity index (χ4v) is 3.82. The molecule has 3 nitrogen and oxygen atoms in total. The molecule has 3 heteroatoms. The van der Waals surface area contributed by atoms with Gasteiger partial charge in [-0.2, -0.15) is 0 Å². The highest BCUT2D eigenvalue weighted by Crippen LogP contribution is 2.32. The van der Waals surface area contributed by atoms with Crippen molar-refractivity contribution in [2.75, 3.05) is 7.05 Å². The van der Waals surface area contributed by atoms with E-state index in [0.717, 1.165) is 31.6 Å². The van der Waals surface area contributed by atoms with Crippen LogP contribution in [0.1, 0.15) is 29.4 Å². The molecule has 1 aliphatic rings. The summed E-state index contributed by atoms with van der Waals surface area (Å²) in [7, 11) is 2.23. The van der Waals surface area contributed by atoms with Gasteiger partial charge in [0.2, 0.25) is 0 Å². The van der Waals surface area contributed by atoms with E-state index in [1.165, 1.54) is 27.7 Å². The molecular weight excluding hydrogens is 294 g/mol. The number of likely N-dealkylation sites (N-methyl/N-ethyl adjacent to an activating group) is 1. The van der Waals surface area contributed by atoms with E-state index in [1.807, 2.05) is 13.1 Å². The van der Waals surface area contributed by atoms with Gasteiger partial charge >= 0.3 is 0 Å². The van der Waals surface area contributed by atoms with Gasteiger partial charge in [0, 0.05) is 54.0 Å². The number of aryl methyl sites for hydroxylation is 3. The molecule has 124 valence electrons. The average Bonchev–Trinajstić information content (AvgIpc) is 2.88. The minimum Gasteiger partial charge on any atom is -0.344 e. The van der Waals surface area contributed by atoms with Gasteiger partial charge in [-0.25, -0.2) is 0 Å². The molecule has 24 heavy (non-hydrogen) atoms. The molecule has 0 unspecified atom stereocenters. The largest absolute Gasteiger partial charge is 0.344 e. The molecule has 3 heterocycles. The summed E-state index contributed by atoms with van der Waals surface area (Å²) in [6.45, 7) is 6.44. The maximum absolute atomic E-state index is 4.43. The van der Waals surface area contributed by atoms with Gasteiger partial charge in [0.25, 0.3) is 0 Å². The van der Waals surface area contributed by atoms with Crippen molar-refractivity contribution < 1.29 is 0 Å². The fourth-order valence-electron chi connectivity index (χ4n) is 3.82. The van der Waals surface area contributed by atoms with Crippen molar-refractivity contribution in [2.24, 2.45) is 0 Å². The predicted octanol–water partition coefficient (Wildman–Crippen LogP) is 3.96. The van der Waals surface area contributed by atoms with Gasteiger partial charge in [0.1, 0.15) is 0 Å². The molecule has 0 saturated heterocycles. The number of nitrogens with zero attached hydrogens (tertiary/aromatic N) is 3. The molecule has 2 aromatic heterocycles. The summed E-state index contributed by atoms with van der Waals surface area (Å²) < 4.78 is 2.55. The molecule has 0 spiro atoms. The van der Waals surface area contributed by atoms with E-state index >= 15 is 0 Å².